The predicted molar refractivity (Wildman–Crippen MR) is 157 cm³/mol. The number of rotatable bonds is 9. The van der Waals surface area contributed by atoms with Crippen molar-refractivity contribution in [1.82, 2.24) is 14.5 Å². The minimum atomic E-state index is -0.815. The van der Waals surface area contributed by atoms with Crippen LogP contribution in [0.3, 0.4) is 0 Å². The van der Waals surface area contributed by atoms with E-state index in [9.17, 15) is 0 Å². The van der Waals surface area contributed by atoms with Gasteiger partial charge in [0.05, 0.1) is 16.4 Å². The van der Waals surface area contributed by atoms with Crippen molar-refractivity contribution >= 4 is 23.2 Å². The molecule has 42 heavy (non-hydrogen) atoms. The van der Waals surface area contributed by atoms with E-state index >= 15 is 4.39 Å². The fraction of sp³-hybridized carbons (Fsp3) is 0. The summed E-state index contributed by atoms with van der Waals surface area (Å²) in [6.45, 7) is 0. The van der Waals surface area contributed by atoms with Gasteiger partial charge in [-0.15, -0.1) is 0 Å². The summed E-state index contributed by atoms with van der Waals surface area (Å²) in [5, 5.41) is 0.628. The molecule has 10 heteroatoms. The molecule has 0 saturated heterocycles. The lowest BCUT2D eigenvalue weighted by Gasteiger charge is -2.19. The highest BCUT2D eigenvalue weighted by Gasteiger charge is 2.26. The summed E-state index contributed by atoms with van der Waals surface area (Å²) >= 11 is 12.3. The number of hydrogen-bond donors (Lipinski definition) is 0. The van der Waals surface area contributed by atoms with E-state index in [0.717, 1.165) is 5.69 Å². The molecule has 0 saturated carbocycles. The monoisotopic (exact) mass is 599 g/mol. The summed E-state index contributed by atoms with van der Waals surface area (Å²) in [6.07, 6.45) is 6.71. The molecule has 0 fully saturated rings. The molecule has 0 aliphatic heterocycles. The van der Waals surface area contributed by atoms with Gasteiger partial charge in [-0.1, -0.05) is 47.5 Å². The van der Waals surface area contributed by atoms with Gasteiger partial charge in [0, 0.05) is 42.5 Å². The molecule has 0 aliphatic carbocycles. The molecule has 6 aromatic rings. The molecule has 0 amide bonds. The van der Waals surface area contributed by atoms with Crippen molar-refractivity contribution in [3.05, 3.63) is 138 Å². The topological polar surface area (TPSA) is 67.6 Å². The molecule has 2 heterocycles. The standard InChI is InChI=1S/C32H20Cl2FN3O4/c33-25-14-13-24(18-26(25)34)40-28-19-27(39-22-6-2-1-3-7-22)30(35)32(31(28)42-29-8-4-5-15-37-29)41-23-11-9-21(10-12-23)38-17-16-36-20-38/h1-20H. The van der Waals surface area contributed by atoms with Gasteiger partial charge in [0.15, 0.2) is 11.5 Å². The number of imidazole rings is 1. The number of pyridine rings is 1. The summed E-state index contributed by atoms with van der Waals surface area (Å²) in [5.74, 6) is 0.00919. The van der Waals surface area contributed by atoms with Crippen LogP contribution in [0.1, 0.15) is 0 Å². The number of para-hydroxylation sites is 1. The number of aromatic nitrogens is 3. The highest BCUT2D eigenvalue weighted by molar-refractivity contribution is 6.42. The maximum absolute atomic E-state index is 16.3. The smallest absolute Gasteiger partial charge is 0.219 e. The summed E-state index contributed by atoms with van der Waals surface area (Å²) in [6, 6.07) is 27.0. The van der Waals surface area contributed by atoms with Crippen LogP contribution in [0.2, 0.25) is 10.0 Å². The van der Waals surface area contributed by atoms with Gasteiger partial charge in [0.25, 0.3) is 0 Å². The normalized spacial score (nSPS) is 10.7. The van der Waals surface area contributed by atoms with E-state index in [1.54, 1.807) is 85.5 Å². The van der Waals surface area contributed by atoms with Crippen LogP contribution in [0, 0.1) is 5.82 Å². The molecule has 0 radical (unpaired) electrons. The fourth-order valence-corrected chi connectivity index (χ4v) is 4.21. The van der Waals surface area contributed by atoms with E-state index in [1.165, 1.54) is 12.1 Å². The summed E-state index contributed by atoms with van der Waals surface area (Å²) in [5.41, 5.74) is 0.843. The van der Waals surface area contributed by atoms with Crippen LogP contribution in [0.25, 0.3) is 5.69 Å². The van der Waals surface area contributed by atoms with Crippen LogP contribution in [0.4, 0.5) is 4.39 Å². The summed E-state index contributed by atoms with van der Waals surface area (Å²) < 4.78 is 42.4. The Morgan fingerprint density at radius 3 is 2.07 bits per heavy atom. The van der Waals surface area contributed by atoms with E-state index < -0.39 is 5.82 Å². The van der Waals surface area contributed by atoms with Gasteiger partial charge in [0.1, 0.15) is 17.2 Å². The largest absolute Gasteiger partial charge is 0.454 e. The van der Waals surface area contributed by atoms with Gasteiger partial charge in [-0.2, -0.15) is 4.39 Å². The molecule has 0 atom stereocenters. The maximum Gasteiger partial charge on any atom is 0.219 e. The maximum atomic E-state index is 16.3. The van der Waals surface area contributed by atoms with E-state index in [2.05, 4.69) is 9.97 Å². The third-order valence-corrected chi connectivity index (χ3v) is 6.64. The van der Waals surface area contributed by atoms with Crippen LogP contribution in [0.5, 0.6) is 46.1 Å². The number of nitrogens with zero attached hydrogens (tertiary/aromatic N) is 3. The fourth-order valence-electron chi connectivity index (χ4n) is 3.92. The molecular weight excluding hydrogens is 580 g/mol. The second kappa shape index (κ2) is 12.2. The molecule has 0 aliphatic rings. The first-order chi connectivity index (χ1) is 20.5. The van der Waals surface area contributed by atoms with Crippen LogP contribution in [-0.4, -0.2) is 14.5 Å². The van der Waals surface area contributed by atoms with Crippen molar-refractivity contribution in [2.45, 2.75) is 0 Å². The lowest BCUT2D eigenvalue weighted by molar-refractivity contribution is 0.349. The Bertz CT molecular complexity index is 1800. The van der Waals surface area contributed by atoms with Gasteiger partial charge in [0.2, 0.25) is 23.2 Å². The van der Waals surface area contributed by atoms with Gasteiger partial charge in [-0.05, 0) is 54.6 Å². The number of halogens is 3. The third kappa shape index (κ3) is 6.15. The van der Waals surface area contributed by atoms with Crippen LogP contribution < -0.4 is 18.9 Å². The Balaban J connectivity index is 1.47. The minimum Gasteiger partial charge on any atom is -0.454 e. The van der Waals surface area contributed by atoms with Gasteiger partial charge < -0.3 is 23.5 Å². The molecule has 208 valence electrons. The van der Waals surface area contributed by atoms with Crippen molar-refractivity contribution in [3.63, 3.8) is 0 Å². The first-order valence-electron chi connectivity index (χ1n) is 12.6. The predicted octanol–water partition coefficient (Wildman–Crippen LogP) is 9.88. The van der Waals surface area contributed by atoms with Crippen LogP contribution in [0.15, 0.2) is 122 Å². The zero-order valence-electron chi connectivity index (χ0n) is 21.7. The molecule has 6 rings (SSSR count). The highest BCUT2D eigenvalue weighted by Crippen LogP contribution is 2.50. The number of benzene rings is 4. The number of hydrogen-bond acceptors (Lipinski definition) is 6. The first kappa shape index (κ1) is 27.1. The molecule has 0 unspecified atom stereocenters. The molecule has 4 aromatic carbocycles. The Labute approximate surface area is 250 Å². The Kier molecular flexibility index (Phi) is 7.89. The van der Waals surface area contributed by atoms with Crippen molar-refractivity contribution in [3.8, 4) is 51.8 Å². The molecule has 0 bridgehead atoms. The van der Waals surface area contributed by atoms with Crippen molar-refractivity contribution < 1.29 is 23.3 Å². The van der Waals surface area contributed by atoms with Crippen LogP contribution in [-0.2, 0) is 0 Å². The van der Waals surface area contributed by atoms with Gasteiger partial charge in [-0.3, -0.25) is 0 Å². The Hall–Kier alpha value is -5.05. The molecule has 0 spiro atoms. The van der Waals surface area contributed by atoms with E-state index in [4.69, 9.17) is 42.1 Å². The van der Waals surface area contributed by atoms with Gasteiger partial charge >= 0.3 is 0 Å². The highest BCUT2D eigenvalue weighted by atomic mass is 35.5. The van der Waals surface area contributed by atoms with Crippen molar-refractivity contribution in [2.75, 3.05) is 0 Å². The Morgan fingerprint density at radius 2 is 1.36 bits per heavy atom. The third-order valence-electron chi connectivity index (χ3n) is 5.90. The Morgan fingerprint density at radius 1 is 0.619 bits per heavy atom. The molecular formula is C32H20Cl2FN3O4. The zero-order valence-corrected chi connectivity index (χ0v) is 23.2. The van der Waals surface area contributed by atoms with E-state index in [1.807, 2.05) is 29.0 Å². The van der Waals surface area contributed by atoms with Crippen molar-refractivity contribution in [1.29, 1.82) is 0 Å². The quantitative estimate of drug-likeness (QED) is 0.165. The lowest BCUT2D eigenvalue weighted by Crippen LogP contribution is -2.01. The van der Waals surface area contributed by atoms with E-state index in [-0.39, 0.29) is 33.9 Å². The molecule has 0 N–H and O–H groups in total. The lowest BCUT2D eigenvalue weighted by atomic mass is 10.2. The zero-order chi connectivity index (χ0) is 28.9. The minimum absolute atomic E-state index is 0.0728. The summed E-state index contributed by atoms with van der Waals surface area (Å²) in [7, 11) is 0. The number of ether oxygens (including phenoxy) is 4. The van der Waals surface area contributed by atoms with Crippen LogP contribution >= 0.6 is 23.2 Å². The average Bonchev–Trinajstić information content (AvgIpc) is 3.56. The van der Waals surface area contributed by atoms with Gasteiger partial charge in [-0.25, -0.2) is 9.97 Å². The SMILES string of the molecule is Fc1c(Oc2ccccc2)cc(Oc2ccc(Cl)c(Cl)c2)c(Oc2ccccn2)c1Oc1ccc(-n2ccnc2)cc1. The average molecular weight is 600 g/mol. The first-order valence-corrected chi connectivity index (χ1v) is 13.4. The van der Waals surface area contributed by atoms with Crippen molar-refractivity contribution in [2.24, 2.45) is 0 Å². The summed E-state index contributed by atoms with van der Waals surface area (Å²) in [4.78, 5) is 8.29. The van der Waals surface area contributed by atoms with E-state index in [0.29, 0.717) is 22.3 Å². The second-order valence-corrected chi connectivity index (χ2v) is 9.59. The second-order valence-electron chi connectivity index (χ2n) is 8.77. The molecule has 2 aromatic heterocycles. The molecule has 7 nitrogen and oxygen atoms in total.